The Morgan fingerprint density at radius 3 is 2.50 bits per heavy atom. The highest BCUT2D eigenvalue weighted by atomic mass is 19.4. The molecule has 1 saturated carbocycles. The van der Waals surface area contributed by atoms with Crippen LogP contribution >= 0.6 is 0 Å². The maximum atomic E-state index is 11.8. The first-order valence-electron chi connectivity index (χ1n) is 5.37. The number of amides is 1. The van der Waals surface area contributed by atoms with Crippen molar-refractivity contribution in [1.82, 2.24) is 10.6 Å². The quantitative estimate of drug-likeness (QED) is 0.758. The standard InChI is InChI=1S/C10H17F3N2O/c1-6-3-8(6)4-14-7(2)9(16)15-5-10(11,12)13/h6-8,14H,3-5H2,1-2H3,(H,15,16). The molecule has 0 aromatic heterocycles. The highest BCUT2D eigenvalue weighted by Crippen LogP contribution is 2.36. The first-order valence-corrected chi connectivity index (χ1v) is 5.37. The molecule has 0 radical (unpaired) electrons. The molecule has 1 rings (SSSR count). The van der Waals surface area contributed by atoms with Crippen LogP contribution in [0.25, 0.3) is 0 Å². The van der Waals surface area contributed by atoms with Gasteiger partial charge in [0.25, 0.3) is 0 Å². The van der Waals surface area contributed by atoms with Gasteiger partial charge in [0.05, 0.1) is 6.04 Å². The Balaban J connectivity index is 2.15. The van der Waals surface area contributed by atoms with Gasteiger partial charge in [-0.05, 0) is 31.7 Å². The van der Waals surface area contributed by atoms with Crippen molar-refractivity contribution in [1.29, 1.82) is 0 Å². The van der Waals surface area contributed by atoms with Crippen molar-refractivity contribution in [2.24, 2.45) is 11.8 Å². The highest BCUT2D eigenvalue weighted by Gasteiger charge is 2.33. The molecule has 0 heterocycles. The summed E-state index contributed by atoms with van der Waals surface area (Å²) in [7, 11) is 0. The Labute approximate surface area is 92.8 Å². The van der Waals surface area contributed by atoms with Gasteiger partial charge in [-0.1, -0.05) is 6.92 Å². The van der Waals surface area contributed by atoms with Gasteiger partial charge < -0.3 is 10.6 Å². The Hall–Kier alpha value is -0.780. The van der Waals surface area contributed by atoms with Gasteiger partial charge >= 0.3 is 6.18 Å². The molecule has 3 nitrogen and oxygen atoms in total. The maximum absolute atomic E-state index is 11.8. The highest BCUT2D eigenvalue weighted by molar-refractivity contribution is 5.81. The molecule has 94 valence electrons. The molecular weight excluding hydrogens is 221 g/mol. The fourth-order valence-electron chi connectivity index (χ4n) is 1.44. The smallest absolute Gasteiger partial charge is 0.346 e. The Morgan fingerprint density at radius 1 is 1.50 bits per heavy atom. The van der Waals surface area contributed by atoms with Gasteiger partial charge in [0, 0.05) is 0 Å². The molecule has 16 heavy (non-hydrogen) atoms. The van der Waals surface area contributed by atoms with E-state index in [-0.39, 0.29) is 0 Å². The van der Waals surface area contributed by atoms with Crippen LogP contribution in [0.5, 0.6) is 0 Å². The summed E-state index contributed by atoms with van der Waals surface area (Å²) < 4.78 is 35.5. The molecule has 3 unspecified atom stereocenters. The van der Waals surface area contributed by atoms with Crippen molar-refractivity contribution in [2.75, 3.05) is 13.1 Å². The van der Waals surface area contributed by atoms with Gasteiger partial charge in [-0.3, -0.25) is 4.79 Å². The van der Waals surface area contributed by atoms with Crippen molar-refractivity contribution >= 4 is 5.91 Å². The number of rotatable bonds is 5. The minimum Gasteiger partial charge on any atom is -0.346 e. The summed E-state index contributed by atoms with van der Waals surface area (Å²) in [6.45, 7) is 3.11. The monoisotopic (exact) mass is 238 g/mol. The summed E-state index contributed by atoms with van der Waals surface area (Å²) in [5.74, 6) is 0.626. The molecule has 0 spiro atoms. The number of hydrogen-bond acceptors (Lipinski definition) is 2. The molecule has 0 aromatic carbocycles. The van der Waals surface area contributed by atoms with Crippen molar-refractivity contribution < 1.29 is 18.0 Å². The summed E-state index contributed by atoms with van der Waals surface area (Å²) in [6.07, 6.45) is -3.22. The number of carbonyl (C=O) groups is 1. The molecule has 1 fully saturated rings. The molecule has 1 aliphatic rings. The summed E-state index contributed by atoms with van der Waals surface area (Å²) in [4.78, 5) is 11.2. The lowest BCUT2D eigenvalue weighted by molar-refractivity contribution is -0.139. The number of alkyl halides is 3. The maximum Gasteiger partial charge on any atom is 0.405 e. The Morgan fingerprint density at radius 2 is 2.06 bits per heavy atom. The lowest BCUT2D eigenvalue weighted by Crippen LogP contribution is -2.45. The first kappa shape index (κ1) is 13.3. The minimum absolute atomic E-state index is 0.567. The molecule has 3 atom stereocenters. The summed E-state index contributed by atoms with van der Waals surface area (Å²) in [6, 6.07) is -0.574. The third-order valence-corrected chi connectivity index (χ3v) is 2.82. The lowest BCUT2D eigenvalue weighted by atomic mass is 10.2. The van der Waals surface area contributed by atoms with E-state index in [0.717, 1.165) is 6.42 Å². The van der Waals surface area contributed by atoms with Gasteiger partial charge in [0.2, 0.25) is 5.91 Å². The van der Waals surface area contributed by atoms with Gasteiger partial charge in [0.1, 0.15) is 6.54 Å². The van der Waals surface area contributed by atoms with Crippen LogP contribution in [0.1, 0.15) is 20.3 Å². The van der Waals surface area contributed by atoms with Crippen LogP contribution in [0.15, 0.2) is 0 Å². The average Bonchev–Trinajstić information content (AvgIpc) is 2.86. The number of nitrogens with one attached hydrogen (secondary N) is 2. The van der Waals surface area contributed by atoms with Crippen LogP contribution in [-0.2, 0) is 4.79 Å². The zero-order chi connectivity index (χ0) is 12.3. The van der Waals surface area contributed by atoms with E-state index in [9.17, 15) is 18.0 Å². The zero-order valence-electron chi connectivity index (χ0n) is 9.40. The topological polar surface area (TPSA) is 41.1 Å². The molecule has 0 aliphatic heterocycles. The predicted octanol–water partition coefficient (Wildman–Crippen LogP) is 1.30. The van der Waals surface area contributed by atoms with Gasteiger partial charge in [-0.25, -0.2) is 0 Å². The second-order valence-electron chi connectivity index (χ2n) is 4.44. The number of carbonyl (C=O) groups excluding carboxylic acids is 1. The van der Waals surface area contributed by atoms with Crippen molar-refractivity contribution in [3.8, 4) is 0 Å². The molecule has 6 heteroatoms. The zero-order valence-corrected chi connectivity index (χ0v) is 9.40. The van der Waals surface area contributed by atoms with E-state index < -0.39 is 24.7 Å². The van der Waals surface area contributed by atoms with Gasteiger partial charge in [-0.15, -0.1) is 0 Å². The number of hydrogen-bond donors (Lipinski definition) is 2. The molecule has 1 aliphatic carbocycles. The third-order valence-electron chi connectivity index (χ3n) is 2.82. The molecule has 0 bridgehead atoms. The largest absolute Gasteiger partial charge is 0.405 e. The van der Waals surface area contributed by atoms with Crippen LogP contribution in [0, 0.1) is 11.8 Å². The minimum atomic E-state index is -4.35. The van der Waals surface area contributed by atoms with E-state index in [4.69, 9.17) is 0 Å². The van der Waals surface area contributed by atoms with E-state index in [1.54, 1.807) is 6.92 Å². The van der Waals surface area contributed by atoms with Gasteiger partial charge in [0.15, 0.2) is 0 Å². The van der Waals surface area contributed by atoms with E-state index in [2.05, 4.69) is 12.2 Å². The van der Waals surface area contributed by atoms with E-state index in [1.807, 2.05) is 5.32 Å². The lowest BCUT2D eigenvalue weighted by Gasteiger charge is -2.14. The first-order chi connectivity index (χ1) is 7.29. The SMILES string of the molecule is CC(NCC1CC1C)C(=O)NCC(F)(F)F. The summed E-state index contributed by atoms with van der Waals surface area (Å²) >= 11 is 0. The van der Waals surface area contributed by atoms with E-state index in [1.165, 1.54) is 0 Å². The van der Waals surface area contributed by atoms with Crippen LogP contribution < -0.4 is 10.6 Å². The van der Waals surface area contributed by atoms with Crippen LogP contribution in [0.3, 0.4) is 0 Å². The number of halogens is 3. The molecule has 0 aromatic rings. The molecule has 2 N–H and O–H groups in total. The van der Waals surface area contributed by atoms with Crippen LogP contribution in [0.4, 0.5) is 13.2 Å². The van der Waals surface area contributed by atoms with Crippen molar-refractivity contribution in [3.63, 3.8) is 0 Å². The summed E-state index contributed by atoms with van der Waals surface area (Å²) in [5, 5.41) is 4.78. The van der Waals surface area contributed by atoms with Crippen molar-refractivity contribution in [3.05, 3.63) is 0 Å². The normalized spacial score (nSPS) is 26.3. The fraction of sp³-hybridized carbons (Fsp3) is 0.900. The molecule has 0 saturated heterocycles. The molecule has 1 amide bonds. The second-order valence-corrected chi connectivity index (χ2v) is 4.44. The Bertz CT molecular complexity index is 255. The molecular formula is C10H17F3N2O. The van der Waals surface area contributed by atoms with Crippen LogP contribution in [-0.4, -0.2) is 31.2 Å². The summed E-state index contributed by atoms with van der Waals surface area (Å²) in [5.41, 5.74) is 0. The Kier molecular flexibility index (Phi) is 4.18. The third kappa shape index (κ3) is 4.83. The average molecular weight is 238 g/mol. The second kappa shape index (κ2) is 5.03. The fourth-order valence-corrected chi connectivity index (χ4v) is 1.44. The predicted molar refractivity (Wildman–Crippen MR) is 53.8 cm³/mol. The van der Waals surface area contributed by atoms with E-state index >= 15 is 0 Å². The van der Waals surface area contributed by atoms with E-state index in [0.29, 0.717) is 18.4 Å². The van der Waals surface area contributed by atoms with Gasteiger partial charge in [-0.2, -0.15) is 13.2 Å². The van der Waals surface area contributed by atoms with Crippen molar-refractivity contribution in [2.45, 2.75) is 32.5 Å². The van der Waals surface area contributed by atoms with Crippen LogP contribution in [0.2, 0.25) is 0 Å².